The molecule has 0 heterocycles. The van der Waals surface area contributed by atoms with Gasteiger partial charge in [-0.05, 0) is 24.3 Å². The van der Waals surface area contributed by atoms with Gasteiger partial charge in [0.2, 0.25) is 0 Å². The fourth-order valence-electron chi connectivity index (χ4n) is 1.20. The lowest BCUT2D eigenvalue weighted by Crippen LogP contribution is -1.95. The minimum Gasteiger partial charge on any atom is -0.397 e. The highest BCUT2D eigenvalue weighted by Gasteiger charge is 2.03. The maximum absolute atomic E-state index is 5.89. The molecule has 0 radical (unpaired) electrons. The number of para-hydroxylation sites is 1. The summed E-state index contributed by atoms with van der Waals surface area (Å²) in [5.74, 6) is 0. The average molecular weight is 248 g/mol. The van der Waals surface area contributed by atoms with E-state index in [1.165, 1.54) is 4.90 Å². The first-order valence-corrected chi connectivity index (χ1v) is 6.96. The molecule has 16 heavy (non-hydrogen) atoms. The largest absolute Gasteiger partial charge is 0.397 e. The summed E-state index contributed by atoms with van der Waals surface area (Å²) < 4.78 is 0. The topological polar surface area (TPSA) is 52.0 Å². The molecular formula is C12H12N2S2. The molecule has 4 N–H and O–H groups in total. The Kier molecular flexibility index (Phi) is 3.64. The van der Waals surface area contributed by atoms with Crippen LogP contribution in [0, 0.1) is 0 Å². The van der Waals surface area contributed by atoms with Crippen LogP contribution in [0.15, 0.2) is 58.3 Å². The summed E-state index contributed by atoms with van der Waals surface area (Å²) in [5.41, 5.74) is 12.9. The smallest absolute Gasteiger partial charge is 0.0694 e. The first kappa shape index (κ1) is 11.2. The highest BCUT2D eigenvalue weighted by molar-refractivity contribution is 8.76. The van der Waals surface area contributed by atoms with Crippen LogP contribution < -0.4 is 11.5 Å². The van der Waals surface area contributed by atoms with Crippen LogP contribution >= 0.6 is 21.6 Å². The van der Waals surface area contributed by atoms with Gasteiger partial charge in [0.25, 0.3) is 0 Å². The third kappa shape index (κ3) is 2.65. The molecule has 0 aliphatic rings. The first-order valence-electron chi connectivity index (χ1n) is 4.81. The van der Waals surface area contributed by atoms with Crippen LogP contribution in [-0.4, -0.2) is 0 Å². The van der Waals surface area contributed by atoms with Gasteiger partial charge in [0, 0.05) is 9.79 Å². The molecule has 0 amide bonds. The molecule has 2 nitrogen and oxygen atoms in total. The van der Waals surface area contributed by atoms with Gasteiger partial charge in [-0.1, -0.05) is 45.9 Å². The van der Waals surface area contributed by atoms with E-state index in [0.29, 0.717) is 11.4 Å². The summed E-state index contributed by atoms with van der Waals surface area (Å²) in [7, 11) is 3.30. The van der Waals surface area contributed by atoms with Crippen molar-refractivity contribution in [3.8, 4) is 0 Å². The molecule has 0 bridgehead atoms. The Morgan fingerprint density at radius 1 is 0.750 bits per heavy atom. The Balaban J connectivity index is 2.08. The second-order valence-corrected chi connectivity index (χ2v) is 5.48. The van der Waals surface area contributed by atoms with Crippen molar-refractivity contribution < 1.29 is 0 Å². The van der Waals surface area contributed by atoms with Crippen LogP contribution in [0.3, 0.4) is 0 Å². The van der Waals surface area contributed by atoms with E-state index in [-0.39, 0.29) is 0 Å². The van der Waals surface area contributed by atoms with E-state index < -0.39 is 0 Å². The molecule has 0 saturated heterocycles. The number of nitrogens with two attached hydrogens (primary N) is 2. The quantitative estimate of drug-likeness (QED) is 0.643. The van der Waals surface area contributed by atoms with E-state index in [4.69, 9.17) is 11.5 Å². The summed E-state index contributed by atoms with van der Waals surface area (Å²) in [5, 5.41) is 0. The monoisotopic (exact) mass is 248 g/mol. The number of benzene rings is 2. The Labute approximate surface area is 103 Å². The number of rotatable bonds is 3. The lowest BCUT2D eigenvalue weighted by atomic mass is 10.3. The molecule has 0 spiro atoms. The molecular weight excluding hydrogens is 236 g/mol. The van der Waals surface area contributed by atoms with Crippen molar-refractivity contribution in [2.45, 2.75) is 9.79 Å². The van der Waals surface area contributed by atoms with E-state index in [1.54, 1.807) is 21.6 Å². The van der Waals surface area contributed by atoms with Crippen LogP contribution in [0.2, 0.25) is 0 Å². The molecule has 0 atom stereocenters. The zero-order valence-electron chi connectivity index (χ0n) is 8.59. The summed E-state index contributed by atoms with van der Waals surface area (Å²) in [6.45, 7) is 0. The molecule has 0 aliphatic carbocycles. The third-order valence-electron chi connectivity index (χ3n) is 2.07. The van der Waals surface area contributed by atoms with Gasteiger partial charge in [0.15, 0.2) is 0 Å². The summed E-state index contributed by atoms with van der Waals surface area (Å²) in [4.78, 5) is 2.21. The molecule has 2 aromatic carbocycles. The molecule has 0 fully saturated rings. The highest BCUT2D eigenvalue weighted by atomic mass is 33.1. The fraction of sp³-hybridized carbons (Fsp3) is 0. The summed E-state index contributed by atoms with van der Waals surface area (Å²) in [6, 6.07) is 15.9. The molecule has 0 saturated carbocycles. The molecule has 4 heteroatoms. The van der Waals surface area contributed by atoms with Gasteiger partial charge in [-0.3, -0.25) is 0 Å². The number of hydrogen-bond donors (Lipinski definition) is 2. The Morgan fingerprint density at radius 2 is 1.50 bits per heavy atom. The lowest BCUT2D eigenvalue weighted by Gasteiger charge is -2.06. The van der Waals surface area contributed by atoms with Crippen LogP contribution in [0.5, 0.6) is 0 Å². The van der Waals surface area contributed by atoms with E-state index in [1.807, 2.05) is 36.4 Å². The van der Waals surface area contributed by atoms with E-state index >= 15 is 0 Å². The van der Waals surface area contributed by atoms with Crippen LogP contribution in [0.4, 0.5) is 11.4 Å². The van der Waals surface area contributed by atoms with Gasteiger partial charge in [0.05, 0.1) is 11.4 Å². The van der Waals surface area contributed by atoms with Crippen LogP contribution in [0.1, 0.15) is 0 Å². The molecule has 2 aromatic rings. The van der Waals surface area contributed by atoms with Gasteiger partial charge >= 0.3 is 0 Å². The minimum absolute atomic E-state index is 0.638. The van der Waals surface area contributed by atoms with Crippen molar-refractivity contribution in [1.82, 2.24) is 0 Å². The predicted molar refractivity (Wildman–Crippen MR) is 73.4 cm³/mol. The number of anilines is 2. The highest BCUT2D eigenvalue weighted by Crippen LogP contribution is 2.41. The molecule has 0 aliphatic heterocycles. The lowest BCUT2D eigenvalue weighted by molar-refractivity contribution is 1.46. The van der Waals surface area contributed by atoms with Gasteiger partial charge < -0.3 is 11.5 Å². The Hall–Kier alpha value is -1.26. The second-order valence-electron chi connectivity index (χ2n) is 3.24. The Morgan fingerprint density at radius 3 is 2.25 bits per heavy atom. The summed E-state index contributed by atoms with van der Waals surface area (Å²) in [6.07, 6.45) is 0. The average Bonchev–Trinajstić information content (AvgIpc) is 2.32. The minimum atomic E-state index is 0.638. The first-order chi connectivity index (χ1) is 7.77. The predicted octanol–water partition coefficient (Wildman–Crippen LogP) is 3.65. The zero-order chi connectivity index (χ0) is 11.4. The van der Waals surface area contributed by atoms with Crippen molar-refractivity contribution in [1.29, 1.82) is 0 Å². The van der Waals surface area contributed by atoms with Crippen LogP contribution in [0.25, 0.3) is 0 Å². The van der Waals surface area contributed by atoms with Gasteiger partial charge in [-0.2, -0.15) is 0 Å². The van der Waals surface area contributed by atoms with Gasteiger partial charge in [-0.25, -0.2) is 0 Å². The molecule has 82 valence electrons. The van der Waals surface area contributed by atoms with Crippen molar-refractivity contribution >= 4 is 33.0 Å². The maximum Gasteiger partial charge on any atom is 0.0694 e. The maximum atomic E-state index is 5.89. The number of nitrogen functional groups attached to an aromatic ring is 2. The van der Waals surface area contributed by atoms with E-state index in [9.17, 15) is 0 Å². The second kappa shape index (κ2) is 5.18. The van der Waals surface area contributed by atoms with E-state index in [2.05, 4.69) is 12.1 Å². The summed E-state index contributed by atoms with van der Waals surface area (Å²) >= 11 is 0. The van der Waals surface area contributed by atoms with Gasteiger partial charge in [-0.15, -0.1) is 0 Å². The normalized spacial score (nSPS) is 10.2. The third-order valence-corrected chi connectivity index (χ3v) is 4.52. The van der Waals surface area contributed by atoms with Gasteiger partial charge in [0.1, 0.15) is 0 Å². The van der Waals surface area contributed by atoms with E-state index in [0.717, 1.165) is 4.90 Å². The number of hydrogen-bond acceptors (Lipinski definition) is 4. The zero-order valence-corrected chi connectivity index (χ0v) is 10.2. The van der Waals surface area contributed by atoms with Crippen LogP contribution in [-0.2, 0) is 0 Å². The van der Waals surface area contributed by atoms with Crippen molar-refractivity contribution in [2.24, 2.45) is 0 Å². The van der Waals surface area contributed by atoms with Crippen molar-refractivity contribution in [3.63, 3.8) is 0 Å². The SMILES string of the molecule is Nc1cccc(SSc2ccccc2)c1N. The van der Waals surface area contributed by atoms with Crippen molar-refractivity contribution in [2.75, 3.05) is 11.5 Å². The molecule has 0 aromatic heterocycles. The van der Waals surface area contributed by atoms with Crippen molar-refractivity contribution in [3.05, 3.63) is 48.5 Å². The fourth-order valence-corrected chi connectivity index (χ4v) is 3.33. The Bertz CT molecular complexity index is 472. The standard InChI is InChI=1S/C12H12N2S2/c13-10-7-4-8-11(12(10)14)16-15-9-5-2-1-3-6-9/h1-8H,13-14H2. The molecule has 0 unspecified atom stereocenters. The molecule has 2 rings (SSSR count).